The van der Waals surface area contributed by atoms with E-state index < -0.39 is 0 Å². The van der Waals surface area contributed by atoms with Crippen LogP contribution in [0, 0.1) is 0 Å². The third-order valence-corrected chi connectivity index (χ3v) is 8.16. The van der Waals surface area contributed by atoms with Gasteiger partial charge in [-0.1, -0.05) is 95.9 Å². The fraction of sp³-hybridized carbons (Fsp3) is 0.419. The number of unbranched alkanes of at least 4 members (excludes halogenated alkanes) is 1. The van der Waals surface area contributed by atoms with Crippen molar-refractivity contribution < 1.29 is 0 Å². The Bertz CT molecular complexity index is 1020. The van der Waals surface area contributed by atoms with E-state index in [2.05, 4.69) is 131 Å². The molecule has 0 saturated carbocycles. The molecular formula is C31H41NS2. The smallest absolute Gasteiger partial charge is 0.0462 e. The molecule has 0 atom stereocenters. The van der Waals surface area contributed by atoms with Crippen LogP contribution in [-0.2, 0) is 10.8 Å². The van der Waals surface area contributed by atoms with E-state index in [4.69, 9.17) is 0 Å². The highest BCUT2D eigenvalue weighted by Crippen LogP contribution is 2.39. The Morgan fingerprint density at radius 1 is 0.618 bits per heavy atom. The first-order valence-corrected chi connectivity index (χ1v) is 14.5. The van der Waals surface area contributed by atoms with E-state index in [0.717, 1.165) is 10.6 Å². The van der Waals surface area contributed by atoms with Crippen LogP contribution in [0.15, 0.2) is 77.7 Å². The summed E-state index contributed by atoms with van der Waals surface area (Å²) in [6.07, 6.45) is 6.09. The second-order valence-electron chi connectivity index (χ2n) is 10.6. The molecule has 1 nitrogen and oxygen atoms in total. The summed E-state index contributed by atoms with van der Waals surface area (Å²) in [7, 11) is 1.48. The minimum atomic E-state index is 0.190. The third kappa shape index (κ3) is 6.43. The van der Waals surface area contributed by atoms with Gasteiger partial charge in [0.15, 0.2) is 0 Å². The van der Waals surface area contributed by atoms with Gasteiger partial charge in [0.2, 0.25) is 0 Å². The van der Waals surface area contributed by atoms with Crippen LogP contribution in [-0.4, -0.2) is 0 Å². The van der Waals surface area contributed by atoms with Gasteiger partial charge in [0.05, 0.1) is 0 Å². The molecule has 34 heavy (non-hydrogen) atoms. The van der Waals surface area contributed by atoms with Crippen molar-refractivity contribution in [1.82, 2.24) is 0 Å². The molecule has 0 fully saturated rings. The minimum Gasteiger partial charge on any atom is -0.311 e. The molecule has 3 heteroatoms. The lowest BCUT2D eigenvalue weighted by atomic mass is 9.80. The summed E-state index contributed by atoms with van der Waals surface area (Å²) in [6.45, 7) is 13.9. The first-order valence-electron chi connectivity index (χ1n) is 12.6. The van der Waals surface area contributed by atoms with Gasteiger partial charge in [-0.2, -0.15) is 0 Å². The number of hydrogen-bond donors (Lipinski definition) is 1. The van der Waals surface area contributed by atoms with Gasteiger partial charge < -0.3 is 4.90 Å². The Labute approximate surface area is 217 Å². The van der Waals surface area contributed by atoms with E-state index in [9.17, 15) is 0 Å². The van der Waals surface area contributed by atoms with Crippen molar-refractivity contribution in [2.24, 2.45) is 0 Å². The monoisotopic (exact) mass is 491 g/mol. The van der Waals surface area contributed by atoms with Crippen LogP contribution in [0.5, 0.6) is 0 Å². The van der Waals surface area contributed by atoms with E-state index in [0.29, 0.717) is 0 Å². The van der Waals surface area contributed by atoms with E-state index in [1.54, 1.807) is 0 Å². The lowest BCUT2D eigenvalue weighted by Crippen LogP contribution is -2.18. The predicted molar refractivity (Wildman–Crippen MR) is 156 cm³/mol. The van der Waals surface area contributed by atoms with Gasteiger partial charge in [-0.3, -0.25) is 0 Å². The van der Waals surface area contributed by atoms with E-state index >= 15 is 0 Å². The number of nitrogens with zero attached hydrogens (tertiary/aromatic N) is 1. The normalized spacial score (nSPS) is 12.1. The summed E-state index contributed by atoms with van der Waals surface area (Å²) in [6, 6.07) is 27.0. The van der Waals surface area contributed by atoms with Gasteiger partial charge in [0.25, 0.3) is 0 Å². The van der Waals surface area contributed by atoms with Gasteiger partial charge >= 0.3 is 0 Å². The van der Waals surface area contributed by atoms with Crippen molar-refractivity contribution in [2.45, 2.75) is 89.4 Å². The molecule has 0 unspecified atom stereocenters. The molecule has 0 radical (unpaired) electrons. The number of anilines is 3. The Balaban J connectivity index is 2.00. The molecule has 182 valence electrons. The fourth-order valence-corrected chi connectivity index (χ4v) is 5.38. The quantitative estimate of drug-likeness (QED) is 0.210. The standard InChI is InChI=1S/C31H41NS2/c1-7-9-23-31(5,6)25-12-16-27(17-13-25)32(28-18-20-29(34-33)21-19-28)26-14-10-24(11-15-26)30(3,4)22-8-2/h10-21,33H,7-9,22-23H2,1-6H3. The number of rotatable bonds is 11. The zero-order valence-corrected chi connectivity index (χ0v) is 23.5. The molecule has 3 aromatic carbocycles. The fourth-order valence-electron chi connectivity index (χ4n) is 4.76. The Hall–Kier alpha value is -1.84. The zero-order valence-electron chi connectivity index (χ0n) is 21.8. The summed E-state index contributed by atoms with van der Waals surface area (Å²) in [5.74, 6) is 0. The number of hydrogen-bond acceptors (Lipinski definition) is 3. The molecule has 0 aliphatic heterocycles. The van der Waals surface area contributed by atoms with Crippen molar-refractivity contribution >= 4 is 39.5 Å². The summed E-state index contributed by atoms with van der Waals surface area (Å²) < 4.78 is 0. The summed E-state index contributed by atoms with van der Waals surface area (Å²) in [5, 5.41) is 0. The van der Waals surface area contributed by atoms with Gasteiger partial charge in [-0.25, -0.2) is 0 Å². The molecule has 3 rings (SSSR count). The highest BCUT2D eigenvalue weighted by molar-refractivity contribution is 8.68. The largest absolute Gasteiger partial charge is 0.311 e. The Morgan fingerprint density at radius 3 is 1.41 bits per heavy atom. The zero-order chi connectivity index (χ0) is 24.8. The molecule has 0 aliphatic rings. The third-order valence-electron chi connectivity index (χ3n) is 7.04. The highest BCUT2D eigenvalue weighted by atomic mass is 33.1. The summed E-state index contributed by atoms with van der Waals surface area (Å²) in [4.78, 5) is 3.50. The minimum absolute atomic E-state index is 0.190. The maximum Gasteiger partial charge on any atom is 0.0462 e. The van der Waals surface area contributed by atoms with E-state index in [1.165, 1.54) is 65.4 Å². The predicted octanol–water partition coefficient (Wildman–Crippen LogP) is 10.6. The molecule has 0 spiro atoms. The van der Waals surface area contributed by atoms with Crippen LogP contribution in [0.2, 0.25) is 0 Å². The lowest BCUT2D eigenvalue weighted by Gasteiger charge is -2.29. The van der Waals surface area contributed by atoms with Crippen molar-refractivity contribution in [2.75, 3.05) is 4.90 Å². The first kappa shape index (κ1) is 26.8. The molecule has 0 heterocycles. The molecular weight excluding hydrogens is 450 g/mol. The Morgan fingerprint density at radius 2 is 1.03 bits per heavy atom. The average Bonchev–Trinajstić information content (AvgIpc) is 2.84. The lowest BCUT2D eigenvalue weighted by molar-refractivity contribution is 0.458. The topological polar surface area (TPSA) is 3.24 Å². The maximum atomic E-state index is 4.36. The van der Waals surface area contributed by atoms with Crippen LogP contribution >= 0.6 is 22.5 Å². The van der Waals surface area contributed by atoms with Crippen LogP contribution in [0.25, 0.3) is 0 Å². The van der Waals surface area contributed by atoms with Crippen LogP contribution < -0.4 is 4.90 Å². The van der Waals surface area contributed by atoms with Gasteiger partial charge in [0.1, 0.15) is 0 Å². The van der Waals surface area contributed by atoms with E-state index in [1.807, 2.05) is 0 Å². The molecule has 0 saturated heterocycles. The second-order valence-corrected chi connectivity index (χ2v) is 11.8. The number of benzene rings is 3. The van der Waals surface area contributed by atoms with Crippen molar-refractivity contribution in [3.05, 3.63) is 83.9 Å². The van der Waals surface area contributed by atoms with Crippen LogP contribution in [0.4, 0.5) is 17.1 Å². The summed E-state index contributed by atoms with van der Waals surface area (Å²) >= 11 is 4.36. The number of thiol groups is 1. The van der Waals surface area contributed by atoms with Gasteiger partial charge in [-0.15, -0.1) is 11.7 Å². The molecule has 0 aliphatic carbocycles. The van der Waals surface area contributed by atoms with Gasteiger partial charge in [0, 0.05) is 22.0 Å². The van der Waals surface area contributed by atoms with Crippen LogP contribution in [0.3, 0.4) is 0 Å². The SMILES string of the molecule is CCCCC(C)(C)c1ccc(N(c2ccc(SS)cc2)c2ccc(C(C)(C)CCC)cc2)cc1. The average molecular weight is 492 g/mol. The highest BCUT2D eigenvalue weighted by Gasteiger charge is 2.22. The van der Waals surface area contributed by atoms with Crippen molar-refractivity contribution in [3.8, 4) is 0 Å². The second kappa shape index (κ2) is 11.7. The Kier molecular flexibility index (Phi) is 9.23. The van der Waals surface area contributed by atoms with Crippen molar-refractivity contribution in [1.29, 1.82) is 0 Å². The molecule has 0 N–H and O–H groups in total. The summed E-state index contributed by atoms with van der Waals surface area (Å²) in [5.41, 5.74) is 6.70. The molecule has 0 bridgehead atoms. The van der Waals surface area contributed by atoms with Crippen LogP contribution in [0.1, 0.15) is 84.8 Å². The molecule has 0 amide bonds. The first-order chi connectivity index (χ1) is 16.2. The maximum absolute atomic E-state index is 4.36. The molecule has 0 aromatic heterocycles. The van der Waals surface area contributed by atoms with Gasteiger partial charge in [-0.05, 0) is 83.3 Å². The molecule has 3 aromatic rings. The van der Waals surface area contributed by atoms with Crippen molar-refractivity contribution in [3.63, 3.8) is 0 Å². The van der Waals surface area contributed by atoms with E-state index in [-0.39, 0.29) is 10.8 Å².